The zero-order valence-electron chi connectivity index (χ0n) is 11.1. The van der Waals surface area contributed by atoms with E-state index in [0.717, 1.165) is 10.9 Å². The van der Waals surface area contributed by atoms with Gasteiger partial charge in [-0.1, -0.05) is 11.6 Å². The Bertz CT molecular complexity index is 647. The van der Waals surface area contributed by atoms with Crippen LogP contribution in [0.4, 0.5) is 0 Å². The smallest absolute Gasteiger partial charge is 0.270 e. The molecule has 2 heterocycles. The van der Waals surface area contributed by atoms with Crippen LogP contribution >= 0.6 is 11.6 Å². The monoisotopic (exact) mass is 294 g/mol. The Balaban J connectivity index is 1.98. The highest BCUT2D eigenvalue weighted by Crippen LogP contribution is 2.30. The molecule has 6 heteroatoms. The van der Waals surface area contributed by atoms with Gasteiger partial charge in [-0.05, 0) is 18.2 Å². The third-order valence-electron chi connectivity index (χ3n) is 3.41. The quantitative estimate of drug-likeness (QED) is 0.925. The zero-order valence-corrected chi connectivity index (χ0v) is 11.9. The summed E-state index contributed by atoms with van der Waals surface area (Å²) in [5.74, 6) is 0.632. The molecule has 1 aliphatic heterocycles. The molecule has 1 saturated heterocycles. The summed E-state index contributed by atoms with van der Waals surface area (Å²) in [5.41, 5.74) is 1.34. The molecular weight excluding hydrogens is 280 g/mol. The van der Waals surface area contributed by atoms with Crippen LogP contribution in [0.2, 0.25) is 5.02 Å². The number of hydrogen-bond donors (Lipinski definition) is 1. The van der Waals surface area contributed by atoms with Gasteiger partial charge in [0, 0.05) is 23.5 Å². The van der Waals surface area contributed by atoms with E-state index in [9.17, 15) is 4.79 Å². The average Bonchev–Trinajstić information content (AvgIpc) is 2.90. The third-order valence-corrected chi connectivity index (χ3v) is 3.63. The molecule has 0 spiro atoms. The van der Waals surface area contributed by atoms with Crippen molar-refractivity contribution < 1.29 is 14.3 Å². The predicted octanol–water partition coefficient (Wildman–Crippen LogP) is 2.30. The lowest BCUT2D eigenvalue weighted by Crippen LogP contribution is -2.40. The number of aromatic nitrogens is 1. The predicted molar refractivity (Wildman–Crippen MR) is 76.6 cm³/mol. The first kappa shape index (κ1) is 13.3. The van der Waals surface area contributed by atoms with Crippen molar-refractivity contribution in [3.8, 4) is 5.75 Å². The van der Waals surface area contributed by atoms with Gasteiger partial charge in [-0.15, -0.1) is 0 Å². The van der Waals surface area contributed by atoms with Crippen molar-refractivity contribution in [3.05, 3.63) is 28.9 Å². The van der Waals surface area contributed by atoms with Crippen molar-refractivity contribution in [2.75, 3.05) is 33.4 Å². The molecule has 0 aliphatic carbocycles. The summed E-state index contributed by atoms with van der Waals surface area (Å²) in [7, 11) is 1.58. The van der Waals surface area contributed by atoms with Gasteiger partial charge in [0.05, 0.1) is 25.8 Å². The maximum absolute atomic E-state index is 12.4. The Labute approximate surface area is 121 Å². The Morgan fingerprint density at radius 3 is 2.80 bits per heavy atom. The normalized spacial score (nSPS) is 15.6. The van der Waals surface area contributed by atoms with E-state index in [1.54, 1.807) is 24.1 Å². The molecule has 1 fully saturated rings. The zero-order chi connectivity index (χ0) is 14.1. The number of carbonyl (C=O) groups is 1. The molecule has 1 aromatic heterocycles. The molecule has 3 rings (SSSR count). The molecule has 0 radical (unpaired) electrons. The van der Waals surface area contributed by atoms with Gasteiger partial charge in [-0.2, -0.15) is 0 Å². The lowest BCUT2D eigenvalue weighted by atomic mass is 10.2. The van der Waals surface area contributed by atoms with Crippen LogP contribution in [0.25, 0.3) is 10.9 Å². The van der Waals surface area contributed by atoms with E-state index in [0.29, 0.717) is 42.8 Å². The van der Waals surface area contributed by atoms with E-state index in [2.05, 4.69) is 4.98 Å². The highest BCUT2D eigenvalue weighted by atomic mass is 35.5. The molecule has 0 bridgehead atoms. The number of H-pyrrole nitrogens is 1. The first-order valence-corrected chi connectivity index (χ1v) is 6.80. The SMILES string of the molecule is COc1cc(Cl)cc2[nH]c(C(=O)N3CCOCC3)cc12. The molecule has 1 aromatic carbocycles. The minimum atomic E-state index is -0.0253. The highest BCUT2D eigenvalue weighted by Gasteiger charge is 2.21. The van der Waals surface area contributed by atoms with Crippen LogP contribution in [-0.4, -0.2) is 49.2 Å². The average molecular weight is 295 g/mol. The second-order valence-corrected chi connectivity index (χ2v) is 5.09. The number of halogens is 1. The number of hydrogen-bond acceptors (Lipinski definition) is 3. The summed E-state index contributed by atoms with van der Waals surface area (Å²) in [6.07, 6.45) is 0. The second kappa shape index (κ2) is 5.34. The maximum atomic E-state index is 12.4. The van der Waals surface area contributed by atoms with Gasteiger partial charge in [0.1, 0.15) is 11.4 Å². The Kier molecular flexibility index (Phi) is 3.54. The van der Waals surface area contributed by atoms with Crippen molar-refractivity contribution in [1.29, 1.82) is 0 Å². The topological polar surface area (TPSA) is 54.6 Å². The van der Waals surface area contributed by atoms with Gasteiger partial charge in [0.15, 0.2) is 0 Å². The summed E-state index contributed by atoms with van der Waals surface area (Å²) in [6, 6.07) is 5.33. The number of nitrogens with zero attached hydrogens (tertiary/aromatic N) is 1. The van der Waals surface area contributed by atoms with Crippen molar-refractivity contribution in [1.82, 2.24) is 9.88 Å². The van der Waals surface area contributed by atoms with Crippen molar-refractivity contribution >= 4 is 28.4 Å². The Hall–Kier alpha value is -1.72. The van der Waals surface area contributed by atoms with Gasteiger partial charge in [0.25, 0.3) is 5.91 Å². The number of morpholine rings is 1. The molecule has 5 nitrogen and oxygen atoms in total. The van der Waals surface area contributed by atoms with E-state index >= 15 is 0 Å². The minimum Gasteiger partial charge on any atom is -0.496 e. The Morgan fingerprint density at radius 1 is 1.35 bits per heavy atom. The summed E-state index contributed by atoms with van der Waals surface area (Å²) in [5, 5.41) is 1.43. The number of ether oxygens (including phenoxy) is 2. The standard InChI is InChI=1S/C14H15ClN2O3/c1-19-13-7-9(15)6-11-10(13)8-12(16-11)14(18)17-2-4-20-5-3-17/h6-8,16H,2-5H2,1H3. The molecule has 1 aliphatic rings. The van der Waals surface area contributed by atoms with Crippen LogP contribution in [0.5, 0.6) is 5.75 Å². The van der Waals surface area contributed by atoms with Gasteiger partial charge >= 0.3 is 0 Å². The van der Waals surface area contributed by atoms with Crippen LogP contribution in [0, 0.1) is 0 Å². The number of methoxy groups -OCH3 is 1. The fourth-order valence-electron chi connectivity index (χ4n) is 2.39. The highest BCUT2D eigenvalue weighted by molar-refractivity contribution is 6.31. The van der Waals surface area contributed by atoms with Gasteiger partial charge < -0.3 is 19.4 Å². The van der Waals surface area contributed by atoms with Crippen molar-refractivity contribution in [2.45, 2.75) is 0 Å². The van der Waals surface area contributed by atoms with Crippen molar-refractivity contribution in [2.24, 2.45) is 0 Å². The van der Waals surface area contributed by atoms with Gasteiger partial charge in [0.2, 0.25) is 0 Å². The van der Waals surface area contributed by atoms with E-state index in [4.69, 9.17) is 21.1 Å². The molecular formula is C14H15ClN2O3. The molecule has 1 N–H and O–H groups in total. The molecule has 0 saturated carbocycles. The lowest BCUT2D eigenvalue weighted by molar-refractivity contribution is 0.0299. The molecule has 0 atom stereocenters. The fraction of sp³-hybridized carbons (Fsp3) is 0.357. The van der Waals surface area contributed by atoms with Crippen LogP contribution < -0.4 is 4.74 Å². The van der Waals surface area contributed by atoms with E-state index in [1.165, 1.54) is 0 Å². The van der Waals surface area contributed by atoms with E-state index < -0.39 is 0 Å². The van der Waals surface area contributed by atoms with Crippen LogP contribution in [0.3, 0.4) is 0 Å². The molecule has 1 amide bonds. The summed E-state index contributed by atoms with van der Waals surface area (Å²) in [6.45, 7) is 2.40. The lowest BCUT2D eigenvalue weighted by Gasteiger charge is -2.26. The molecule has 0 unspecified atom stereocenters. The minimum absolute atomic E-state index is 0.0253. The number of benzene rings is 1. The van der Waals surface area contributed by atoms with E-state index in [1.807, 2.05) is 6.07 Å². The first-order chi connectivity index (χ1) is 9.69. The number of amides is 1. The molecule has 2 aromatic rings. The maximum Gasteiger partial charge on any atom is 0.270 e. The van der Waals surface area contributed by atoms with Gasteiger partial charge in [-0.3, -0.25) is 4.79 Å². The second-order valence-electron chi connectivity index (χ2n) is 4.66. The molecule has 106 valence electrons. The number of fused-ring (bicyclic) bond motifs is 1. The number of rotatable bonds is 2. The number of aromatic amines is 1. The number of nitrogens with one attached hydrogen (secondary N) is 1. The van der Waals surface area contributed by atoms with E-state index in [-0.39, 0.29) is 5.91 Å². The summed E-state index contributed by atoms with van der Waals surface area (Å²) < 4.78 is 10.6. The van der Waals surface area contributed by atoms with Crippen molar-refractivity contribution in [3.63, 3.8) is 0 Å². The fourth-order valence-corrected chi connectivity index (χ4v) is 2.60. The third kappa shape index (κ3) is 2.34. The summed E-state index contributed by atoms with van der Waals surface area (Å²) >= 11 is 6.03. The number of carbonyl (C=O) groups excluding carboxylic acids is 1. The van der Waals surface area contributed by atoms with Crippen LogP contribution in [0.1, 0.15) is 10.5 Å². The van der Waals surface area contributed by atoms with Crippen LogP contribution in [-0.2, 0) is 4.74 Å². The van der Waals surface area contributed by atoms with Gasteiger partial charge in [-0.25, -0.2) is 0 Å². The largest absolute Gasteiger partial charge is 0.496 e. The summed E-state index contributed by atoms with van der Waals surface area (Å²) in [4.78, 5) is 17.3. The Morgan fingerprint density at radius 2 is 2.10 bits per heavy atom. The van der Waals surface area contributed by atoms with Crippen LogP contribution in [0.15, 0.2) is 18.2 Å². The first-order valence-electron chi connectivity index (χ1n) is 6.42. The molecule has 20 heavy (non-hydrogen) atoms.